The molecule has 1 rings (SSSR count). The van der Waals surface area contributed by atoms with Crippen LogP contribution < -0.4 is 0 Å². The molecule has 13 heavy (non-hydrogen) atoms. The van der Waals surface area contributed by atoms with E-state index in [9.17, 15) is 9.59 Å². The largest absolute Gasteiger partial charge is 0.288 e. The lowest BCUT2D eigenvalue weighted by Crippen LogP contribution is -2.27. The van der Waals surface area contributed by atoms with Crippen LogP contribution in [0.5, 0.6) is 0 Å². The summed E-state index contributed by atoms with van der Waals surface area (Å²) in [7, 11) is 1.55. The minimum Gasteiger partial charge on any atom is -0.275 e. The van der Waals surface area contributed by atoms with E-state index in [0.717, 1.165) is 24.6 Å². The Morgan fingerprint density at radius 2 is 2.08 bits per heavy atom. The van der Waals surface area contributed by atoms with Gasteiger partial charge in [0.1, 0.15) is 0 Å². The van der Waals surface area contributed by atoms with Gasteiger partial charge in [-0.15, -0.1) is 0 Å². The van der Waals surface area contributed by atoms with Gasteiger partial charge >= 0.3 is 0 Å². The maximum Gasteiger partial charge on any atom is 0.288 e. The number of carbonyl (C=O) groups is 2. The van der Waals surface area contributed by atoms with Crippen molar-refractivity contribution in [2.24, 2.45) is 5.92 Å². The Morgan fingerprint density at radius 1 is 1.46 bits per heavy atom. The molecule has 1 aliphatic heterocycles. The lowest BCUT2D eigenvalue weighted by Gasteiger charge is -2.08. The summed E-state index contributed by atoms with van der Waals surface area (Å²) in [6.45, 7) is 4.24. The Bertz CT molecular complexity index is 228. The molecule has 74 valence electrons. The number of hydrogen-bond acceptors (Lipinski definition) is 3. The van der Waals surface area contributed by atoms with Crippen LogP contribution in [0, 0.1) is 5.92 Å². The van der Waals surface area contributed by atoms with Gasteiger partial charge in [-0.05, 0) is 18.8 Å². The second-order valence-electron chi connectivity index (χ2n) is 3.74. The monoisotopic (exact) mass is 201 g/mol. The number of rotatable bonds is 3. The van der Waals surface area contributed by atoms with Crippen molar-refractivity contribution in [3.8, 4) is 0 Å². The molecule has 0 aromatic heterocycles. The maximum atomic E-state index is 11.4. The van der Waals surface area contributed by atoms with Crippen LogP contribution in [-0.2, 0) is 4.79 Å². The van der Waals surface area contributed by atoms with E-state index in [2.05, 4.69) is 13.8 Å². The van der Waals surface area contributed by atoms with Gasteiger partial charge in [-0.25, -0.2) is 0 Å². The van der Waals surface area contributed by atoms with E-state index in [1.54, 1.807) is 7.05 Å². The highest BCUT2D eigenvalue weighted by Crippen LogP contribution is 2.29. The van der Waals surface area contributed by atoms with Gasteiger partial charge in [0.2, 0.25) is 5.91 Å². The summed E-state index contributed by atoms with van der Waals surface area (Å²) >= 11 is 1.16. The fraction of sp³-hybridized carbons (Fsp3) is 0.778. The Balaban J connectivity index is 2.45. The van der Waals surface area contributed by atoms with E-state index in [1.807, 2.05) is 0 Å². The van der Waals surface area contributed by atoms with Crippen molar-refractivity contribution in [2.75, 3.05) is 7.05 Å². The molecule has 0 aromatic rings. The molecule has 1 atom stereocenters. The first-order chi connectivity index (χ1) is 6.02. The van der Waals surface area contributed by atoms with E-state index in [0.29, 0.717) is 5.92 Å². The number of thioether (sulfide) groups is 1. The third-order valence-electron chi connectivity index (χ3n) is 2.13. The van der Waals surface area contributed by atoms with E-state index >= 15 is 0 Å². The average molecular weight is 201 g/mol. The molecule has 1 heterocycles. The third-order valence-corrected chi connectivity index (χ3v) is 3.33. The van der Waals surface area contributed by atoms with Crippen molar-refractivity contribution in [1.29, 1.82) is 0 Å². The van der Waals surface area contributed by atoms with Gasteiger partial charge < -0.3 is 0 Å². The minimum atomic E-state index is -0.125. The second-order valence-corrected chi connectivity index (χ2v) is 4.89. The van der Waals surface area contributed by atoms with Crippen LogP contribution in [-0.4, -0.2) is 28.3 Å². The van der Waals surface area contributed by atoms with Crippen LogP contribution >= 0.6 is 11.8 Å². The molecule has 0 aromatic carbocycles. The van der Waals surface area contributed by atoms with Gasteiger partial charge in [-0.2, -0.15) is 0 Å². The molecule has 1 aliphatic rings. The van der Waals surface area contributed by atoms with E-state index in [4.69, 9.17) is 0 Å². The fourth-order valence-corrected chi connectivity index (χ4v) is 2.23. The SMILES string of the molecule is CC(C)CCC1SC(=O)N(C)C1=O. The van der Waals surface area contributed by atoms with Gasteiger partial charge in [-0.1, -0.05) is 25.6 Å². The second kappa shape index (κ2) is 4.13. The molecule has 1 unspecified atom stereocenters. The molecule has 1 fully saturated rings. The Labute approximate surface area is 82.9 Å². The number of imide groups is 1. The number of nitrogens with zero attached hydrogens (tertiary/aromatic N) is 1. The average Bonchev–Trinajstić information content (AvgIpc) is 2.29. The standard InChI is InChI=1S/C9H15NO2S/c1-6(2)4-5-7-8(11)10(3)9(12)13-7/h6-7H,4-5H2,1-3H3. The van der Waals surface area contributed by atoms with Crippen LogP contribution in [0.2, 0.25) is 0 Å². The first-order valence-corrected chi connectivity index (χ1v) is 5.38. The van der Waals surface area contributed by atoms with Crippen molar-refractivity contribution in [3.05, 3.63) is 0 Å². The van der Waals surface area contributed by atoms with E-state index in [1.165, 1.54) is 4.90 Å². The molecule has 0 saturated carbocycles. The number of carbonyl (C=O) groups excluding carboxylic acids is 2. The minimum absolute atomic E-state index is 0.0318. The maximum absolute atomic E-state index is 11.4. The topological polar surface area (TPSA) is 37.4 Å². The predicted octanol–water partition coefficient (Wildman–Crippen LogP) is 2.12. The van der Waals surface area contributed by atoms with E-state index in [-0.39, 0.29) is 16.4 Å². The van der Waals surface area contributed by atoms with Gasteiger partial charge in [0.05, 0.1) is 5.25 Å². The molecule has 1 saturated heterocycles. The Kier molecular flexibility index (Phi) is 3.36. The number of amides is 2. The Hall–Kier alpha value is -0.510. The predicted molar refractivity (Wildman–Crippen MR) is 53.6 cm³/mol. The van der Waals surface area contributed by atoms with Crippen molar-refractivity contribution in [3.63, 3.8) is 0 Å². The van der Waals surface area contributed by atoms with Gasteiger partial charge in [0.15, 0.2) is 0 Å². The Morgan fingerprint density at radius 3 is 2.46 bits per heavy atom. The van der Waals surface area contributed by atoms with Crippen molar-refractivity contribution < 1.29 is 9.59 Å². The van der Waals surface area contributed by atoms with Crippen LogP contribution in [0.15, 0.2) is 0 Å². The van der Waals surface area contributed by atoms with Crippen LogP contribution in [0.25, 0.3) is 0 Å². The normalized spacial score (nSPS) is 23.4. The molecule has 4 heteroatoms. The molecule has 0 aliphatic carbocycles. The first kappa shape index (κ1) is 10.6. The van der Waals surface area contributed by atoms with Gasteiger partial charge in [0, 0.05) is 7.05 Å². The summed E-state index contributed by atoms with van der Waals surface area (Å²) in [5, 5.41) is -0.237. The lowest BCUT2D eigenvalue weighted by molar-refractivity contribution is -0.125. The van der Waals surface area contributed by atoms with Crippen molar-refractivity contribution in [1.82, 2.24) is 4.90 Å². The van der Waals surface area contributed by atoms with Crippen LogP contribution in [0.1, 0.15) is 26.7 Å². The quantitative estimate of drug-likeness (QED) is 0.702. The first-order valence-electron chi connectivity index (χ1n) is 4.50. The molecule has 0 radical (unpaired) electrons. The van der Waals surface area contributed by atoms with Gasteiger partial charge in [0.25, 0.3) is 5.24 Å². The van der Waals surface area contributed by atoms with Gasteiger partial charge in [-0.3, -0.25) is 14.5 Å². The summed E-state index contributed by atoms with van der Waals surface area (Å²) in [5.74, 6) is 0.560. The molecular formula is C9H15NO2S. The summed E-state index contributed by atoms with van der Waals surface area (Å²) in [5.41, 5.74) is 0. The van der Waals surface area contributed by atoms with Crippen LogP contribution in [0.3, 0.4) is 0 Å². The molecule has 0 spiro atoms. The summed E-state index contributed by atoms with van der Waals surface area (Å²) in [6, 6.07) is 0. The molecule has 2 amide bonds. The zero-order valence-electron chi connectivity index (χ0n) is 8.24. The summed E-state index contributed by atoms with van der Waals surface area (Å²) < 4.78 is 0. The highest BCUT2D eigenvalue weighted by Gasteiger charge is 2.36. The zero-order chi connectivity index (χ0) is 10.0. The zero-order valence-corrected chi connectivity index (χ0v) is 9.06. The lowest BCUT2D eigenvalue weighted by atomic mass is 10.1. The van der Waals surface area contributed by atoms with Crippen molar-refractivity contribution in [2.45, 2.75) is 31.9 Å². The molecule has 0 N–H and O–H groups in total. The summed E-state index contributed by atoms with van der Waals surface area (Å²) in [4.78, 5) is 23.7. The molecule has 0 bridgehead atoms. The third kappa shape index (κ3) is 2.46. The highest BCUT2D eigenvalue weighted by atomic mass is 32.2. The van der Waals surface area contributed by atoms with Crippen molar-refractivity contribution >= 4 is 22.9 Å². The van der Waals surface area contributed by atoms with E-state index < -0.39 is 0 Å². The van der Waals surface area contributed by atoms with Crippen LogP contribution in [0.4, 0.5) is 4.79 Å². The molecular weight excluding hydrogens is 186 g/mol. The number of hydrogen-bond donors (Lipinski definition) is 0. The summed E-state index contributed by atoms with van der Waals surface area (Å²) in [6.07, 6.45) is 1.82. The highest BCUT2D eigenvalue weighted by molar-refractivity contribution is 8.15. The molecule has 3 nitrogen and oxygen atoms in total. The smallest absolute Gasteiger partial charge is 0.275 e. The fourth-order valence-electron chi connectivity index (χ4n) is 1.22.